The summed E-state index contributed by atoms with van der Waals surface area (Å²) in [5, 5.41) is 2.77. The van der Waals surface area contributed by atoms with Crippen LogP contribution in [0.2, 0.25) is 0 Å². The summed E-state index contributed by atoms with van der Waals surface area (Å²) in [5.41, 5.74) is 3.08. The largest absolute Gasteiger partial charge is 0.493 e. The van der Waals surface area contributed by atoms with Gasteiger partial charge in [0.1, 0.15) is 6.61 Å². The molecule has 166 valence electrons. The maximum atomic E-state index is 12.9. The van der Waals surface area contributed by atoms with Crippen LogP contribution in [-0.4, -0.2) is 29.8 Å². The lowest BCUT2D eigenvalue weighted by atomic mass is 9.94. The molecule has 2 aromatic rings. The standard InChI is InChI=1S/C24H23BrN2O4S/c1-4-30-23(28)20-15(2)26-24-27(10-11-32-24)21(20)17-12-18(25)22(19(13-17)29-3)31-14-16-8-6-5-7-9-16/h5-13,21H,4,14H2,1-3H3/t21-/m1/s1. The first-order chi connectivity index (χ1) is 15.5. The summed E-state index contributed by atoms with van der Waals surface area (Å²) in [6, 6.07) is 13.4. The van der Waals surface area contributed by atoms with E-state index in [0.29, 0.717) is 36.0 Å². The number of allylic oxidation sites excluding steroid dienone is 1. The van der Waals surface area contributed by atoms with Gasteiger partial charge < -0.3 is 19.1 Å². The molecule has 0 radical (unpaired) electrons. The van der Waals surface area contributed by atoms with Crippen LogP contribution in [-0.2, 0) is 16.1 Å². The Morgan fingerprint density at radius 2 is 2.03 bits per heavy atom. The van der Waals surface area contributed by atoms with Gasteiger partial charge in [-0.25, -0.2) is 9.79 Å². The molecular weight excluding hydrogens is 492 g/mol. The quantitative estimate of drug-likeness (QED) is 0.434. The maximum absolute atomic E-state index is 12.9. The van der Waals surface area contributed by atoms with Crippen molar-refractivity contribution >= 4 is 38.8 Å². The summed E-state index contributed by atoms with van der Waals surface area (Å²) >= 11 is 5.17. The van der Waals surface area contributed by atoms with Crippen molar-refractivity contribution in [3.63, 3.8) is 0 Å². The van der Waals surface area contributed by atoms with E-state index in [1.54, 1.807) is 14.0 Å². The third kappa shape index (κ3) is 4.42. The van der Waals surface area contributed by atoms with E-state index < -0.39 is 0 Å². The molecule has 0 aliphatic carbocycles. The Labute approximate surface area is 200 Å². The number of rotatable bonds is 7. The Kier molecular flexibility index (Phi) is 6.91. The van der Waals surface area contributed by atoms with Crippen molar-refractivity contribution in [2.24, 2.45) is 4.99 Å². The van der Waals surface area contributed by atoms with Gasteiger partial charge in [0.2, 0.25) is 0 Å². The van der Waals surface area contributed by atoms with Crippen LogP contribution in [0.15, 0.2) is 74.8 Å². The van der Waals surface area contributed by atoms with Gasteiger partial charge >= 0.3 is 5.97 Å². The fraction of sp³-hybridized carbons (Fsp3) is 0.250. The van der Waals surface area contributed by atoms with Crippen molar-refractivity contribution in [2.75, 3.05) is 13.7 Å². The van der Waals surface area contributed by atoms with E-state index in [-0.39, 0.29) is 12.0 Å². The molecular formula is C24H23BrN2O4S. The van der Waals surface area contributed by atoms with Crippen molar-refractivity contribution in [2.45, 2.75) is 26.5 Å². The zero-order valence-electron chi connectivity index (χ0n) is 18.0. The maximum Gasteiger partial charge on any atom is 0.338 e. The number of hydrogen-bond donors (Lipinski definition) is 0. The molecule has 0 N–H and O–H groups in total. The van der Waals surface area contributed by atoms with Gasteiger partial charge in [-0.15, -0.1) is 0 Å². The van der Waals surface area contributed by atoms with Crippen LogP contribution in [0, 0.1) is 0 Å². The zero-order chi connectivity index (χ0) is 22.7. The topological polar surface area (TPSA) is 60.4 Å². The van der Waals surface area contributed by atoms with Crippen molar-refractivity contribution in [3.05, 3.63) is 80.9 Å². The van der Waals surface area contributed by atoms with E-state index in [2.05, 4.69) is 20.9 Å². The summed E-state index contributed by atoms with van der Waals surface area (Å²) < 4.78 is 17.8. The van der Waals surface area contributed by atoms with Gasteiger partial charge in [0.05, 0.1) is 35.5 Å². The molecule has 2 aliphatic heterocycles. The molecule has 8 heteroatoms. The number of aliphatic imine (C=N–C) groups is 1. The Morgan fingerprint density at radius 3 is 2.75 bits per heavy atom. The van der Waals surface area contributed by atoms with Crippen molar-refractivity contribution < 1.29 is 19.0 Å². The molecule has 2 heterocycles. The molecule has 0 fully saturated rings. The predicted molar refractivity (Wildman–Crippen MR) is 130 cm³/mol. The number of carbonyl (C=O) groups excluding carboxylic acids is 1. The minimum atomic E-state index is -0.388. The summed E-state index contributed by atoms with van der Waals surface area (Å²) in [4.78, 5) is 19.5. The van der Waals surface area contributed by atoms with Crippen LogP contribution in [0.5, 0.6) is 11.5 Å². The number of methoxy groups -OCH3 is 1. The van der Waals surface area contributed by atoms with Gasteiger partial charge in [0, 0.05) is 6.20 Å². The molecule has 0 aromatic heterocycles. The number of halogens is 1. The van der Waals surface area contributed by atoms with Gasteiger partial charge in [-0.2, -0.15) is 0 Å². The van der Waals surface area contributed by atoms with E-state index in [1.165, 1.54) is 11.8 Å². The highest BCUT2D eigenvalue weighted by molar-refractivity contribution is 9.10. The van der Waals surface area contributed by atoms with Gasteiger partial charge in [-0.05, 0) is 58.4 Å². The number of ether oxygens (including phenoxy) is 3. The first-order valence-electron chi connectivity index (χ1n) is 10.2. The van der Waals surface area contributed by atoms with Crippen LogP contribution < -0.4 is 9.47 Å². The minimum absolute atomic E-state index is 0.294. The zero-order valence-corrected chi connectivity index (χ0v) is 20.4. The molecule has 0 spiro atoms. The van der Waals surface area contributed by atoms with Crippen LogP contribution in [0.3, 0.4) is 0 Å². The SMILES string of the molecule is CCOC(=O)C1=C(C)N=C2SC=CN2[C@@H]1c1cc(Br)c(OCc2ccccc2)c(OC)c1. The van der Waals surface area contributed by atoms with E-state index in [1.807, 2.05) is 65.9 Å². The lowest BCUT2D eigenvalue weighted by Crippen LogP contribution is -2.34. The highest BCUT2D eigenvalue weighted by Crippen LogP contribution is 2.45. The normalized spacial score (nSPS) is 17.2. The number of esters is 1. The minimum Gasteiger partial charge on any atom is -0.493 e. The molecule has 32 heavy (non-hydrogen) atoms. The fourth-order valence-electron chi connectivity index (χ4n) is 3.67. The number of nitrogens with zero attached hydrogens (tertiary/aromatic N) is 2. The highest BCUT2D eigenvalue weighted by atomic mass is 79.9. The number of thioether (sulfide) groups is 1. The highest BCUT2D eigenvalue weighted by Gasteiger charge is 2.38. The molecule has 0 saturated carbocycles. The molecule has 0 amide bonds. The van der Waals surface area contributed by atoms with Gasteiger partial charge in [0.15, 0.2) is 16.7 Å². The number of fused-ring (bicyclic) bond motifs is 1. The molecule has 2 aromatic carbocycles. The van der Waals surface area contributed by atoms with Gasteiger partial charge in [-0.3, -0.25) is 0 Å². The van der Waals surface area contributed by atoms with Crippen LogP contribution in [0.1, 0.15) is 31.0 Å². The van der Waals surface area contributed by atoms with Crippen LogP contribution in [0.4, 0.5) is 0 Å². The number of hydrogen-bond acceptors (Lipinski definition) is 7. The Hall–Kier alpha value is -2.71. The molecule has 0 unspecified atom stereocenters. The first-order valence-corrected chi connectivity index (χ1v) is 11.8. The first kappa shape index (κ1) is 22.5. The Balaban J connectivity index is 1.72. The number of benzene rings is 2. The van der Waals surface area contributed by atoms with Gasteiger partial charge in [0.25, 0.3) is 0 Å². The summed E-state index contributed by atoms with van der Waals surface area (Å²) in [6.07, 6.45) is 1.93. The third-order valence-corrected chi connectivity index (χ3v) is 6.47. The van der Waals surface area contributed by atoms with Crippen molar-refractivity contribution in [3.8, 4) is 11.5 Å². The van der Waals surface area contributed by atoms with Crippen molar-refractivity contribution in [1.82, 2.24) is 4.90 Å². The van der Waals surface area contributed by atoms with E-state index in [4.69, 9.17) is 14.2 Å². The molecule has 0 saturated heterocycles. The molecule has 0 bridgehead atoms. The van der Waals surface area contributed by atoms with Crippen LogP contribution >= 0.6 is 27.7 Å². The molecule has 1 atom stereocenters. The monoisotopic (exact) mass is 514 g/mol. The molecule has 2 aliphatic rings. The smallest absolute Gasteiger partial charge is 0.338 e. The third-order valence-electron chi connectivity index (χ3n) is 5.11. The van der Waals surface area contributed by atoms with Gasteiger partial charge in [-0.1, -0.05) is 42.1 Å². The Bertz CT molecular complexity index is 1110. The number of amidine groups is 1. The van der Waals surface area contributed by atoms with E-state index >= 15 is 0 Å². The van der Waals surface area contributed by atoms with E-state index in [0.717, 1.165) is 20.8 Å². The Morgan fingerprint density at radius 1 is 1.25 bits per heavy atom. The summed E-state index contributed by atoms with van der Waals surface area (Å²) in [5.74, 6) is 0.809. The fourth-order valence-corrected chi connectivity index (χ4v) is 5.03. The summed E-state index contributed by atoms with van der Waals surface area (Å²) in [6.45, 7) is 4.34. The van der Waals surface area contributed by atoms with E-state index in [9.17, 15) is 4.79 Å². The number of carbonyl (C=O) groups is 1. The predicted octanol–water partition coefficient (Wildman–Crippen LogP) is 5.80. The van der Waals surface area contributed by atoms with Crippen LogP contribution in [0.25, 0.3) is 0 Å². The molecule has 4 rings (SSSR count). The average molecular weight is 515 g/mol. The second-order valence-electron chi connectivity index (χ2n) is 7.14. The molecule has 6 nitrogen and oxygen atoms in total. The second-order valence-corrected chi connectivity index (χ2v) is 8.86. The summed E-state index contributed by atoms with van der Waals surface area (Å²) in [7, 11) is 1.60. The second kappa shape index (κ2) is 9.83. The lowest BCUT2D eigenvalue weighted by molar-refractivity contribution is -0.139. The lowest BCUT2D eigenvalue weighted by Gasteiger charge is -2.33. The average Bonchev–Trinajstić information content (AvgIpc) is 3.25. The van der Waals surface area contributed by atoms with Crippen molar-refractivity contribution in [1.29, 1.82) is 0 Å².